The number of ether oxygens (including phenoxy) is 1. The Hall–Kier alpha value is -2.16. The minimum atomic E-state index is 0.0942. The van der Waals surface area contributed by atoms with Crippen molar-refractivity contribution in [1.82, 2.24) is 4.98 Å². The van der Waals surface area contributed by atoms with E-state index in [1.165, 1.54) is 0 Å². The van der Waals surface area contributed by atoms with E-state index < -0.39 is 0 Å². The highest BCUT2D eigenvalue weighted by atomic mass is 16.5. The van der Waals surface area contributed by atoms with Crippen LogP contribution < -0.4 is 4.74 Å². The second-order valence-corrected chi connectivity index (χ2v) is 3.92. The third-order valence-electron chi connectivity index (χ3n) is 2.63. The van der Waals surface area contributed by atoms with Crippen LogP contribution in [0.4, 0.5) is 0 Å². The standard InChI is InChI=1S/C15H15NO2/c1-2-14(17)13-7-3-4-8-15(13)18-11-12-6-5-9-16-10-12/h3-10H,2,11H2,1H3. The van der Waals surface area contributed by atoms with Crippen LogP contribution in [0.2, 0.25) is 0 Å². The Morgan fingerprint density at radius 2 is 2.06 bits per heavy atom. The first-order valence-electron chi connectivity index (χ1n) is 5.95. The fraction of sp³-hybridized carbons (Fsp3) is 0.200. The average Bonchev–Trinajstić information content (AvgIpc) is 2.45. The van der Waals surface area contributed by atoms with Gasteiger partial charge in [0.05, 0.1) is 5.56 Å². The average molecular weight is 241 g/mol. The highest BCUT2D eigenvalue weighted by molar-refractivity contribution is 5.98. The molecule has 3 nitrogen and oxygen atoms in total. The molecule has 0 radical (unpaired) electrons. The summed E-state index contributed by atoms with van der Waals surface area (Å²) in [6.07, 6.45) is 3.95. The molecule has 0 aliphatic carbocycles. The van der Waals surface area contributed by atoms with Gasteiger partial charge in [0.25, 0.3) is 0 Å². The molecule has 0 bridgehead atoms. The van der Waals surface area contributed by atoms with E-state index in [0.717, 1.165) is 5.56 Å². The first kappa shape index (κ1) is 12.3. The Bertz CT molecular complexity index is 523. The molecule has 0 fully saturated rings. The number of hydrogen-bond acceptors (Lipinski definition) is 3. The Morgan fingerprint density at radius 1 is 1.22 bits per heavy atom. The maximum Gasteiger partial charge on any atom is 0.166 e. The van der Waals surface area contributed by atoms with Crippen molar-refractivity contribution in [3.05, 3.63) is 59.9 Å². The summed E-state index contributed by atoms with van der Waals surface area (Å²) in [4.78, 5) is 15.8. The number of carbonyl (C=O) groups is 1. The lowest BCUT2D eigenvalue weighted by molar-refractivity contribution is 0.0983. The summed E-state index contributed by atoms with van der Waals surface area (Å²) in [6, 6.07) is 11.1. The van der Waals surface area contributed by atoms with E-state index in [-0.39, 0.29) is 5.78 Å². The molecule has 1 aromatic carbocycles. The third kappa shape index (κ3) is 2.94. The third-order valence-corrected chi connectivity index (χ3v) is 2.63. The summed E-state index contributed by atoms with van der Waals surface area (Å²) in [6.45, 7) is 2.27. The van der Waals surface area contributed by atoms with Crippen LogP contribution in [0.3, 0.4) is 0 Å². The minimum Gasteiger partial charge on any atom is -0.488 e. The summed E-state index contributed by atoms with van der Waals surface area (Å²) in [5, 5.41) is 0. The van der Waals surface area contributed by atoms with Crippen LogP contribution in [0.5, 0.6) is 5.75 Å². The van der Waals surface area contributed by atoms with E-state index in [4.69, 9.17) is 4.74 Å². The van der Waals surface area contributed by atoms with Crippen LogP contribution in [0.15, 0.2) is 48.8 Å². The molecule has 0 saturated heterocycles. The summed E-state index contributed by atoms with van der Waals surface area (Å²) in [5.41, 5.74) is 1.63. The van der Waals surface area contributed by atoms with E-state index in [9.17, 15) is 4.79 Å². The summed E-state index contributed by atoms with van der Waals surface area (Å²) < 4.78 is 5.69. The number of Topliss-reactive ketones (excluding diaryl/α,β-unsaturated/α-hetero) is 1. The van der Waals surface area contributed by atoms with Gasteiger partial charge in [-0.3, -0.25) is 9.78 Å². The highest BCUT2D eigenvalue weighted by Crippen LogP contribution is 2.20. The zero-order valence-corrected chi connectivity index (χ0v) is 10.3. The van der Waals surface area contributed by atoms with Crippen LogP contribution in [0.25, 0.3) is 0 Å². The lowest BCUT2D eigenvalue weighted by Crippen LogP contribution is -2.03. The van der Waals surface area contributed by atoms with Crippen molar-refractivity contribution in [2.45, 2.75) is 20.0 Å². The van der Waals surface area contributed by atoms with Gasteiger partial charge < -0.3 is 4.74 Å². The summed E-state index contributed by atoms with van der Waals surface area (Å²) in [5.74, 6) is 0.727. The topological polar surface area (TPSA) is 39.2 Å². The zero-order chi connectivity index (χ0) is 12.8. The van der Waals surface area contributed by atoms with Crippen LogP contribution in [-0.4, -0.2) is 10.8 Å². The van der Waals surface area contributed by atoms with Crippen LogP contribution >= 0.6 is 0 Å². The molecule has 0 atom stereocenters. The number of aromatic nitrogens is 1. The molecule has 2 aromatic rings. The number of hydrogen-bond donors (Lipinski definition) is 0. The molecular weight excluding hydrogens is 226 g/mol. The monoisotopic (exact) mass is 241 g/mol. The smallest absolute Gasteiger partial charge is 0.166 e. The van der Waals surface area contributed by atoms with E-state index >= 15 is 0 Å². The van der Waals surface area contributed by atoms with Crippen molar-refractivity contribution >= 4 is 5.78 Å². The molecule has 0 aliphatic heterocycles. The molecular formula is C15H15NO2. The van der Waals surface area contributed by atoms with Crippen molar-refractivity contribution in [2.75, 3.05) is 0 Å². The van der Waals surface area contributed by atoms with Gasteiger partial charge in [0.2, 0.25) is 0 Å². The van der Waals surface area contributed by atoms with Crippen molar-refractivity contribution in [2.24, 2.45) is 0 Å². The van der Waals surface area contributed by atoms with Crippen LogP contribution in [-0.2, 0) is 6.61 Å². The van der Waals surface area contributed by atoms with E-state index in [2.05, 4.69) is 4.98 Å². The normalized spacial score (nSPS) is 10.1. The van der Waals surface area contributed by atoms with Crippen molar-refractivity contribution < 1.29 is 9.53 Å². The van der Waals surface area contributed by atoms with E-state index in [1.54, 1.807) is 18.5 Å². The van der Waals surface area contributed by atoms with Gasteiger partial charge in [-0.2, -0.15) is 0 Å². The van der Waals surface area contributed by atoms with Gasteiger partial charge >= 0.3 is 0 Å². The minimum absolute atomic E-state index is 0.0942. The van der Waals surface area contributed by atoms with Gasteiger partial charge in [0.15, 0.2) is 5.78 Å². The second-order valence-electron chi connectivity index (χ2n) is 3.92. The lowest BCUT2D eigenvalue weighted by atomic mass is 10.1. The zero-order valence-electron chi connectivity index (χ0n) is 10.3. The first-order chi connectivity index (χ1) is 8.81. The van der Waals surface area contributed by atoms with Crippen molar-refractivity contribution in [3.8, 4) is 5.75 Å². The molecule has 0 aliphatic rings. The number of para-hydroxylation sites is 1. The Morgan fingerprint density at radius 3 is 2.78 bits per heavy atom. The van der Waals surface area contributed by atoms with E-state index in [0.29, 0.717) is 24.3 Å². The molecule has 0 amide bonds. The van der Waals surface area contributed by atoms with Gasteiger partial charge in [0.1, 0.15) is 12.4 Å². The molecule has 1 aromatic heterocycles. The SMILES string of the molecule is CCC(=O)c1ccccc1OCc1cccnc1. The molecule has 92 valence electrons. The van der Waals surface area contributed by atoms with Crippen LogP contribution in [0.1, 0.15) is 29.3 Å². The van der Waals surface area contributed by atoms with Gasteiger partial charge in [0, 0.05) is 24.4 Å². The quantitative estimate of drug-likeness (QED) is 0.754. The molecule has 0 spiro atoms. The first-order valence-corrected chi connectivity index (χ1v) is 5.95. The number of benzene rings is 1. The Kier molecular flexibility index (Phi) is 4.07. The van der Waals surface area contributed by atoms with E-state index in [1.807, 2.05) is 37.3 Å². The van der Waals surface area contributed by atoms with Crippen molar-refractivity contribution in [3.63, 3.8) is 0 Å². The molecule has 18 heavy (non-hydrogen) atoms. The predicted octanol–water partition coefficient (Wildman–Crippen LogP) is 3.25. The number of rotatable bonds is 5. The second kappa shape index (κ2) is 5.96. The molecule has 2 rings (SSSR count). The molecule has 0 N–H and O–H groups in total. The number of pyridine rings is 1. The van der Waals surface area contributed by atoms with Gasteiger partial charge in [-0.1, -0.05) is 25.1 Å². The molecule has 3 heteroatoms. The predicted molar refractivity (Wildman–Crippen MR) is 69.6 cm³/mol. The molecule has 1 heterocycles. The molecule has 0 unspecified atom stereocenters. The number of ketones is 1. The maximum absolute atomic E-state index is 11.8. The van der Waals surface area contributed by atoms with Gasteiger partial charge in [-0.05, 0) is 18.2 Å². The maximum atomic E-state index is 11.8. The van der Waals surface area contributed by atoms with Crippen molar-refractivity contribution in [1.29, 1.82) is 0 Å². The van der Waals surface area contributed by atoms with Gasteiger partial charge in [-0.15, -0.1) is 0 Å². The Balaban J connectivity index is 2.12. The Labute approximate surface area is 106 Å². The van der Waals surface area contributed by atoms with Crippen LogP contribution in [0, 0.1) is 0 Å². The number of carbonyl (C=O) groups excluding carboxylic acids is 1. The summed E-state index contributed by atoms with van der Waals surface area (Å²) in [7, 11) is 0. The largest absolute Gasteiger partial charge is 0.488 e. The molecule has 0 saturated carbocycles. The lowest BCUT2D eigenvalue weighted by Gasteiger charge is -2.09. The fourth-order valence-electron chi connectivity index (χ4n) is 1.66. The number of nitrogens with zero attached hydrogens (tertiary/aromatic N) is 1. The highest BCUT2D eigenvalue weighted by Gasteiger charge is 2.09. The van der Waals surface area contributed by atoms with Gasteiger partial charge in [-0.25, -0.2) is 0 Å². The fourth-order valence-corrected chi connectivity index (χ4v) is 1.66. The summed E-state index contributed by atoms with van der Waals surface area (Å²) >= 11 is 0.